The molecule has 0 aromatic heterocycles. The number of hydrogen-bond acceptors (Lipinski definition) is 3. The summed E-state index contributed by atoms with van der Waals surface area (Å²) in [6.45, 7) is 1.84. The van der Waals surface area contributed by atoms with E-state index in [4.69, 9.17) is 5.73 Å². The van der Waals surface area contributed by atoms with Crippen molar-refractivity contribution >= 4 is 11.6 Å². The molecule has 4 heteroatoms. The number of nitrogen functional groups attached to an aromatic ring is 1. The molecule has 0 unspecified atom stereocenters. The van der Waals surface area contributed by atoms with E-state index in [-0.39, 0.29) is 12.5 Å². The lowest BCUT2D eigenvalue weighted by Gasteiger charge is -2.28. The Morgan fingerprint density at radius 1 is 1.44 bits per heavy atom. The van der Waals surface area contributed by atoms with Crippen LogP contribution < -0.4 is 11.1 Å². The predicted molar refractivity (Wildman–Crippen MR) is 71.3 cm³/mol. The molecule has 0 aliphatic heterocycles. The average Bonchev–Trinajstić information content (AvgIpc) is 2.81. The van der Waals surface area contributed by atoms with Crippen LogP contribution in [0.2, 0.25) is 0 Å². The summed E-state index contributed by atoms with van der Waals surface area (Å²) in [6, 6.07) is 5.32. The zero-order chi connectivity index (χ0) is 13.2. The molecule has 1 aromatic carbocycles. The average molecular weight is 248 g/mol. The molecule has 4 N–H and O–H groups in total. The van der Waals surface area contributed by atoms with Crippen molar-refractivity contribution in [2.24, 2.45) is 0 Å². The molecule has 0 bridgehead atoms. The van der Waals surface area contributed by atoms with Crippen LogP contribution in [0.1, 0.15) is 41.6 Å². The molecule has 18 heavy (non-hydrogen) atoms. The molecule has 4 nitrogen and oxygen atoms in total. The van der Waals surface area contributed by atoms with Gasteiger partial charge < -0.3 is 16.2 Å². The van der Waals surface area contributed by atoms with E-state index in [9.17, 15) is 9.90 Å². The summed E-state index contributed by atoms with van der Waals surface area (Å²) in [5.41, 5.74) is 7.37. The lowest BCUT2D eigenvalue weighted by molar-refractivity contribution is 0.0838. The minimum atomic E-state index is -0.436. The van der Waals surface area contributed by atoms with Crippen molar-refractivity contribution in [1.29, 1.82) is 0 Å². The van der Waals surface area contributed by atoms with E-state index in [1.54, 1.807) is 18.2 Å². The van der Waals surface area contributed by atoms with Gasteiger partial charge in [0.25, 0.3) is 5.91 Å². The molecule has 0 atom stereocenters. The Morgan fingerprint density at radius 3 is 2.72 bits per heavy atom. The summed E-state index contributed by atoms with van der Waals surface area (Å²) in [5.74, 6) is -0.143. The Kier molecular flexibility index (Phi) is 3.57. The molecule has 1 aromatic rings. The van der Waals surface area contributed by atoms with Gasteiger partial charge in [-0.05, 0) is 37.5 Å². The normalized spacial score (nSPS) is 17.7. The topological polar surface area (TPSA) is 75.4 Å². The second kappa shape index (κ2) is 4.98. The molecular weight excluding hydrogens is 228 g/mol. The fourth-order valence-corrected chi connectivity index (χ4v) is 2.58. The van der Waals surface area contributed by atoms with E-state index in [1.165, 1.54) is 0 Å². The lowest BCUT2D eigenvalue weighted by Crippen LogP contribution is -2.49. The van der Waals surface area contributed by atoms with Crippen molar-refractivity contribution in [2.45, 2.75) is 38.1 Å². The van der Waals surface area contributed by atoms with Crippen molar-refractivity contribution in [3.05, 3.63) is 29.3 Å². The Morgan fingerprint density at radius 2 is 2.11 bits per heavy atom. The largest absolute Gasteiger partial charge is 0.398 e. The number of amides is 1. The number of aliphatic hydroxyl groups excluding tert-OH is 1. The molecule has 1 aliphatic rings. The second-order valence-corrected chi connectivity index (χ2v) is 5.12. The van der Waals surface area contributed by atoms with Crippen molar-refractivity contribution < 1.29 is 9.90 Å². The minimum absolute atomic E-state index is 0.000103. The van der Waals surface area contributed by atoms with Gasteiger partial charge in [-0.3, -0.25) is 4.79 Å². The monoisotopic (exact) mass is 248 g/mol. The molecule has 1 aliphatic carbocycles. The Bertz CT molecular complexity index is 451. The number of carbonyl (C=O) groups excluding carboxylic acids is 1. The van der Waals surface area contributed by atoms with Gasteiger partial charge in [0.05, 0.1) is 12.1 Å². The number of carbonyl (C=O) groups is 1. The van der Waals surface area contributed by atoms with Gasteiger partial charge >= 0.3 is 0 Å². The third-order valence-corrected chi connectivity index (χ3v) is 3.86. The Labute approximate surface area is 107 Å². The van der Waals surface area contributed by atoms with Gasteiger partial charge in [-0.2, -0.15) is 0 Å². The predicted octanol–water partition coefficient (Wildman–Crippen LogP) is 1.61. The van der Waals surface area contributed by atoms with Crippen LogP contribution in [0.5, 0.6) is 0 Å². The van der Waals surface area contributed by atoms with E-state index >= 15 is 0 Å². The van der Waals surface area contributed by atoms with Crippen molar-refractivity contribution in [3.8, 4) is 0 Å². The Hall–Kier alpha value is -1.55. The van der Waals surface area contributed by atoms with Crippen molar-refractivity contribution in [2.75, 3.05) is 12.3 Å². The maximum absolute atomic E-state index is 12.3. The van der Waals surface area contributed by atoms with Crippen LogP contribution in [-0.2, 0) is 0 Å². The number of hydrogen-bond donors (Lipinski definition) is 3. The van der Waals surface area contributed by atoms with Crippen LogP contribution in [0, 0.1) is 6.92 Å². The molecule has 0 heterocycles. The zero-order valence-electron chi connectivity index (χ0n) is 10.7. The first-order chi connectivity index (χ1) is 8.58. The number of nitrogens with one attached hydrogen (secondary N) is 1. The van der Waals surface area contributed by atoms with E-state index in [0.29, 0.717) is 11.3 Å². The first kappa shape index (κ1) is 12.9. The SMILES string of the molecule is Cc1c(N)cccc1C(=O)NC1(CO)CCCC1. The molecule has 0 radical (unpaired) electrons. The summed E-state index contributed by atoms with van der Waals surface area (Å²) in [7, 11) is 0. The summed E-state index contributed by atoms with van der Waals surface area (Å²) in [5, 5.41) is 12.5. The van der Waals surface area contributed by atoms with Crippen LogP contribution in [0.4, 0.5) is 5.69 Å². The highest BCUT2D eigenvalue weighted by Crippen LogP contribution is 2.29. The lowest BCUT2D eigenvalue weighted by atomic mass is 9.97. The van der Waals surface area contributed by atoms with Gasteiger partial charge in [-0.15, -0.1) is 0 Å². The summed E-state index contributed by atoms with van der Waals surface area (Å²) >= 11 is 0. The summed E-state index contributed by atoms with van der Waals surface area (Å²) < 4.78 is 0. The molecule has 1 amide bonds. The van der Waals surface area contributed by atoms with Gasteiger partial charge in [0, 0.05) is 11.3 Å². The van der Waals surface area contributed by atoms with E-state index in [2.05, 4.69) is 5.32 Å². The van der Waals surface area contributed by atoms with Crippen LogP contribution >= 0.6 is 0 Å². The van der Waals surface area contributed by atoms with E-state index < -0.39 is 5.54 Å². The number of nitrogens with two attached hydrogens (primary N) is 1. The van der Waals surface area contributed by atoms with Crippen LogP contribution in [-0.4, -0.2) is 23.2 Å². The first-order valence-corrected chi connectivity index (χ1v) is 6.36. The quantitative estimate of drug-likeness (QED) is 0.711. The molecule has 1 saturated carbocycles. The molecule has 0 spiro atoms. The molecule has 0 saturated heterocycles. The molecule has 98 valence electrons. The number of rotatable bonds is 3. The Balaban J connectivity index is 2.19. The molecule has 2 rings (SSSR count). The zero-order valence-corrected chi connectivity index (χ0v) is 10.7. The van der Waals surface area contributed by atoms with Gasteiger partial charge in [-0.25, -0.2) is 0 Å². The van der Waals surface area contributed by atoms with Crippen LogP contribution in [0.25, 0.3) is 0 Å². The minimum Gasteiger partial charge on any atom is -0.398 e. The third kappa shape index (κ3) is 2.34. The van der Waals surface area contributed by atoms with Crippen molar-refractivity contribution in [3.63, 3.8) is 0 Å². The standard InChI is InChI=1S/C14H20N2O2/c1-10-11(5-4-6-12(10)15)13(18)16-14(9-17)7-2-3-8-14/h4-6,17H,2-3,7-9,15H2,1H3,(H,16,18). The van der Waals surface area contributed by atoms with Crippen LogP contribution in [0.3, 0.4) is 0 Å². The maximum Gasteiger partial charge on any atom is 0.252 e. The highest BCUT2D eigenvalue weighted by molar-refractivity contribution is 5.97. The fraction of sp³-hybridized carbons (Fsp3) is 0.500. The van der Waals surface area contributed by atoms with E-state index in [0.717, 1.165) is 31.2 Å². The number of benzene rings is 1. The van der Waals surface area contributed by atoms with Gasteiger partial charge in [0.2, 0.25) is 0 Å². The fourth-order valence-electron chi connectivity index (χ4n) is 2.58. The maximum atomic E-state index is 12.3. The molecule has 1 fully saturated rings. The van der Waals surface area contributed by atoms with E-state index in [1.807, 2.05) is 6.92 Å². The van der Waals surface area contributed by atoms with Crippen LogP contribution in [0.15, 0.2) is 18.2 Å². The van der Waals surface area contributed by atoms with Gasteiger partial charge in [0.15, 0.2) is 0 Å². The smallest absolute Gasteiger partial charge is 0.252 e. The highest BCUT2D eigenvalue weighted by atomic mass is 16.3. The number of aliphatic hydroxyl groups is 1. The summed E-state index contributed by atoms with van der Waals surface area (Å²) in [6.07, 6.45) is 3.79. The number of anilines is 1. The van der Waals surface area contributed by atoms with Crippen molar-refractivity contribution in [1.82, 2.24) is 5.32 Å². The summed E-state index contributed by atoms with van der Waals surface area (Å²) in [4.78, 5) is 12.3. The molecular formula is C14H20N2O2. The van der Waals surface area contributed by atoms with Gasteiger partial charge in [-0.1, -0.05) is 18.9 Å². The first-order valence-electron chi connectivity index (χ1n) is 6.36. The highest BCUT2D eigenvalue weighted by Gasteiger charge is 2.35. The van der Waals surface area contributed by atoms with Gasteiger partial charge in [0.1, 0.15) is 0 Å². The third-order valence-electron chi connectivity index (χ3n) is 3.86. The second-order valence-electron chi connectivity index (χ2n) is 5.12.